The fraction of sp³-hybridized carbons (Fsp3) is 0.750. The van der Waals surface area contributed by atoms with Crippen molar-refractivity contribution in [3.63, 3.8) is 0 Å². The molecule has 0 saturated carbocycles. The van der Waals surface area contributed by atoms with Gasteiger partial charge < -0.3 is 10.2 Å². The van der Waals surface area contributed by atoms with Crippen LogP contribution in [0.25, 0.3) is 0 Å². The van der Waals surface area contributed by atoms with Crippen molar-refractivity contribution in [2.24, 2.45) is 0 Å². The van der Waals surface area contributed by atoms with Crippen LogP contribution in [-0.4, -0.2) is 33.2 Å². The summed E-state index contributed by atoms with van der Waals surface area (Å²) in [5.41, 5.74) is 0. The quantitative estimate of drug-likeness (QED) is 0.617. The number of unbranched alkanes of at least 4 members (excludes halogenated alkanes) is 1. The molecule has 1 atom stereocenters. The van der Waals surface area contributed by atoms with E-state index in [1.165, 1.54) is 11.8 Å². The molecule has 2 N–H and O–H groups in total. The molecule has 13 heavy (non-hydrogen) atoms. The lowest BCUT2D eigenvalue weighted by atomic mass is 10.3. The van der Waals surface area contributed by atoms with Gasteiger partial charge in [-0.15, -0.1) is 11.8 Å². The summed E-state index contributed by atoms with van der Waals surface area (Å²) in [6, 6.07) is 0. The number of thioether (sulfide) groups is 1. The van der Waals surface area contributed by atoms with Crippen molar-refractivity contribution >= 4 is 23.7 Å². The fourth-order valence-electron chi connectivity index (χ4n) is 0.746. The van der Waals surface area contributed by atoms with Gasteiger partial charge in [-0.05, 0) is 12.2 Å². The van der Waals surface area contributed by atoms with Gasteiger partial charge in [-0.2, -0.15) is 0 Å². The summed E-state index contributed by atoms with van der Waals surface area (Å²) in [5.74, 6) is -1.39. The van der Waals surface area contributed by atoms with Crippen LogP contribution >= 0.6 is 11.8 Å². The Morgan fingerprint density at radius 1 is 1.38 bits per heavy atom. The number of carboxylic acids is 2. The van der Waals surface area contributed by atoms with Crippen molar-refractivity contribution in [3.05, 3.63) is 0 Å². The Balaban J connectivity index is 3.81. The average molecular weight is 206 g/mol. The topological polar surface area (TPSA) is 74.6 Å². The van der Waals surface area contributed by atoms with Gasteiger partial charge in [0.05, 0.1) is 6.42 Å². The molecule has 0 spiro atoms. The largest absolute Gasteiger partial charge is 0.481 e. The molecule has 0 aliphatic heterocycles. The highest BCUT2D eigenvalue weighted by Gasteiger charge is 2.20. The minimum Gasteiger partial charge on any atom is -0.481 e. The SMILES string of the molecule is CCCCSC(CC(=O)O)C(=O)O. The second kappa shape index (κ2) is 6.77. The Morgan fingerprint density at radius 2 is 2.00 bits per heavy atom. The molecule has 0 rings (SSSR count). The van der Waals surface area contributed by atoms with Gasteiger partial charge in [0, 0.05) is 0 Å². The summed E-state index contributed by atoms with van der Waals surface area (Å²) < 4.78 is 0. The third-order valence-corrected chi connectivity index (χ3v) is 2.75. The standard InChI is InChI=1S/C8H14O4S/c1-2-3-4-13-6(8(11)12)5-7(9)10/h6H,2-5H2,1H3,(H,9,10)(H,11,12). The molecular weight excluding hydrogens is 192 g/mol. The van der Waals surface area contributed by atoms with Crippen LogP contribution in [-0.2, 0) is 9.59 Å². The molecule has 0 aliphatic rings. The van der Waals surface area contributed by atoms with Crippen molar-refractivity contribution in [2.75, 3.05) is 5.75 Å². The lowest BCUT2D eigenvalue weighted by Crippen LogP contribution is -2.20. The van der Waals surface area contributed by atoms with Crippen molar-refractivity contribution in [3.8, 4) is 0 Å². The van der Waals surface area contributed by atoms with Crippen LogP contribution in [0.15, 0.2) is 0 Å². The predicted octanol–water partition coefficient (Wildman–Crippen LogP) is 1.45. The lowest BCUT2D eigenvalue weighted by molar-refractivity contribution is -0.142. The number of rotatable bonds is 7. The number of hydrogen-bond acceptors (Lipinski definition) is 3. The first-order chi connectivity index (χ1) is 6.07. The monoisotopic (exact) mass is 206 g/mol. The van der Waals surface area contributed by atoms with E-state index < -0.39 is 17.2 Å². The molecule has 76 valence electrons. The van der Waals surface area contributed by atoms with Crippen LogP contribution in [0.2, 0.25) is 0 Å². The zero-order valence-corrected chi connectivity index (χ0v) is 8.34. The third kappa shape index (κ3) is 6.45. The minimum absolute atomic E-state index is 0.302. The molecule has 0 aliphatic carbocycles. The number of hydrogen-bond donors (Lipinski definition) is 2. The molecule has 5 heteroatoms. The van der Waals surface area contributed by atoms with Crippen molar-refractivity contribution in [1.82, 2.24) is 0 Å². The zero-order valence-electron chi connectivity index (χ0n) is 7.52. The Kier molecular flexibility index (Phi) is 6.40. The Labute approximate surface area is 81.3 Å². The Bertz CT molecular complexity index is 181. The van der Waals surface area contributed by atoms with Gasteiger partial charge in [-0.1, -0.05) is 13.3 Å². The Hall–Kier alpha value is -0.710. The highest BCUT2D eigenvalue weighted by molar-refractivity contribution is 8.00. The number of aliphatic carboxylic acids is 2. The van der Waals surface area contributed by atoms with Gasteiger partial charge in [0.25, 0.3) is 0 Å². The number of carbonyl (C=O) groups is 2. The van der Waals surface area contributed by atoms with E-state index in [4.69, 9.17) is 10.2 Å². The summed E-state index contributed by atoms with van der Waals surface area (Å²) in [7, 11) is 0. The maximum absolute atomic E-state index is 10.5. The summed E-state index contributed by atoms with van der Waals surface area (Å²) in [6.45, 7) is 2.01. The van der Waals surface area contributed by atoms with E-state index in [1.807, 2.05) is 6.92 Å². The predicted molar refractivity (Wildman–Crippen MR) is 51.0 cm³/mol. The maximum atomic E-state index is 10.5. The molecule has 0 aromatic carbocycles. The van der Waals surface area contributed by atoms with Gasteiger partial charge in [-0.3, -0.25) is 9.59 Å². The van der Waals surface area contributed by atoms with Crippen LogP contribution in [0.3, 0.4) is 0 Å². The second-order valence-electron chi connectivity index (χ2n) is 2.65. The van der Waals surface area contributed by atoms with E-state index in [-0.39, 0.29) is 6.42 Å². The van der Waals surface area contributed by atoms with Gasteiger partial charge in [-0.25, -0.2) is 0 Å². The highest BCUT2D eigenvalue weighted by Crippen LogP contribution is 2.16. The molecule has 0 bridgehead atoms. The van der Waals surface area contributed by atoms with Crippen molar-refractivity contribution in [1.29, 1.82) is 0 Å². The zero-order chi connectivity index (χ0) is 10.3. The van der Waals surface area contributed by atoms with Crippen LogP contribution < -0.4 is 0 Å². The number of carboxylic acid groups (broad SMARTS) is 2. The summed E-state index contributed by atoms with van der Waals surface area (Å²) in [4.78, 5) is 20.8. The molecule has 0 saturated heterocycles. The lowest BCUT2D eigenvalue weighted by Gasteiger charge is -2.08. The van der Waals surface area contributed by atoms with Gasteiger partial charge in [0.1, 0.15) is 5.25 Å². The van der Waals surface area contributed by atoms with Crippen LogP contribution in [0, 0.1) is 0 Å². The van der Waals surface area contributed by atoms with E-state index in [0.29, 0.717) is 5.75 Å². The Morgan fingerprint density at radius 3 is 2.38 bits per heavy atom. The summed E-state index contributed by atoms with van der Waals surface area (Å²) >= 11 is 1.20. The first-order valence-corrected chi connectivity index (χ1v) is 5.19. The molecule has 0 heterocycles. The average Bonchev–Trinajstić information content (AvgIpc) is 2.02. The van der Waals surface area contributed by atoms with Gasteiger partial charge in [0.2, 0.25) is 0 Å². The molecule has 0 amide bonds. The molecular formula is C8H14O4S. The van der Waals surface area contributed by atoms with Crippen LogP contribution in [0.1, 0.15) is 26.2 Å². The molecule has 4 nitrogen and oxygen atoms in total. The minimum atomic E-state index is -1.06. The van der Waals surface area contributed by atoms with E-state index >= 15 is 0 Å². The fourth-order valence-corrected chi connectivity index (χ4v) is 1.89. The third-order valence-electron chi connectivity index (χ3n) is 1.45. The normalized spacial score (nSPS) is 12.4. The van der Waals surface area contributed by atoms with Crippen LogP contribution in [0.5, 0.6) is 0 Å². The van der Waals surface area contributed by atoms with Crippen molar-refractivity contribution in [2.45, 2.75) is 31.4 Å². The van der Waals surface area contributed by atoms with Gasteiger partial charge >= 0.3 is 11.9 Å². The highest BCUT2D eigenvalue weighted by atomic mass is 32.2. The van der Waals surface area contributed by atoms with E-state index in [2.05, 4.69) is 0 Å². The molecule has 0 aromatic rings. The molecule has 0 fully saturated rings. The second-order valence-corrected chi connectivity index (χ2v) is 3.96. The van der Waals surface area contributed by atoms with E-state index in [1.54, 1.807) is 0 Å². The smallest absolute Gasteiger partial charge is 0.317 e. The van der Waals surface area contributed by atoms with E-state index in [0.717, 1.165) is 12.8 Å². The molecule has 1 unspecified atom stereocenters. The first-order valence-electron chi connectivity index (χ1n) is 4.14. The molecule has 0 radical (unpaired) electrons. The molecule has 0 aromatic heterocycles. The van der Waals surface area contributed by atoms with E-state index in [9.17, 15) is 9.59 Å². The maximum Gasteiger partial charge on any atom is 0.317 e. The summed E-state index contributed by atoms with van der Waals surface area (Å²) in [5, 5.41) is 16.2. The first kappa shape index (κ1) is 12.3. The van der Waals surface area contributed by atoms with Gasteiger partial charge in [0.15, 0.2) is 0 Å². The van der Waals surface area contributed by atoms with Crippen molar-refractivity contribution < 1.29 is 19.8 Å². The van der Waals surface area contributed by atoms with Crippen LogP contribution in [0.4, 0.5) is 0 Å². The summed E-state index contributed by atoms with van der Waals surface area (Å²) in [6.07, 6.45) is 1.62.